The number of nitrogens with one attached hydrogen (secondary N) is 1. The summed E-state index contributed by atoms with van der Waals surface area (Å²) >= 11 is 7.00. The normalized spacial score (nSPS) is 14.6. The SMILES string of the molecule is COc1nc(-c2cccc(-c3cccc(-c4ccn5c(=O)c(CN(C)CC6CCC(=O)N6)cnc5c4)c3C)c2Cl)ccc1C=O. The maximum atomic E-state index is 13.4. The van der Waals surface area contributed by atoms with Gasteiger partial charge in [-0.05, 0) is 66.9 Å². The molecule has 1 aliphatic heterocycles. The number of benzene rings is 2. The van der Waals surface area contributed by atoms with E-state index in [0.717, 1.165) is 39.8 Å². The zero-order valence-corrected chi connectivity index (χ0v) is 26.0. The fraction of sp³-hybridized carbons (Fsp3) is 0.229. The highest BCUT2D eigenvalue weighted by atomic mass is 35.5. The van der Waals surface area contributed by atoms with Gasteiger partial charge in [0.25, 0.3) is 5.56 Å². The van der Waals surface area contributed by atoms with Crippen LogP contribution in [0.25, 0.3) is 39.2 Å². The zero-order chi connectivity index (χ0) is 31.7. The van der Waals surface area contributed by atoms with Gasteiger partial charge in [-0.25, -0.2) is 9.97 Å². The van der Waals surface area contributed by atoms with Crippen LogP contribution in [-0.4, -0.2) is 58.2 Å². The first-order valence-electron chi connectivity index (χ1n) is 14.6. The third-order valence-corrected chi connectivity index (χ3v) is 8.66. The van der Waals surface area contributed by atoms with Gasteiger partial charge < -0.3 is 10.1 Å². The number of amides is 1. The molecule has 4 heterocycles. The number of methoxy groups -OCH3 is 1. The molecule has 1 fully saturated rings. The minimum Gasteiger partial charge on any atom is -0.480 e. The van der Waals surface area contributed by atoms with Gasteiger partial charge in [0.2, 0.25) is 11.8 Å². The van der Waals surface area contributed by atoms with Crippen molar-refractivity contribution in [3.8, 4) is 39.4 Å². The number of carbonyl (C=O) groups excluding carboxylic acids is 2. The van der Waals surface area contributed by atoms with Gasteiger partial charge >= 0.3 is 0 Å². The summed E-state index contributed by atoms with van der Waals surface area (Å²) in [6, 6.07) is 19.2. The molecule has 0 saturated carbocycles. The van der Waals surface area contributed by atoms with E-state index in [2.05, 4.69) is 15.3 Å². The smallest absolute Gasteiger partial charge is 0.262 e. The molecule has 2 aromatic carbocycles. The summed E-state index contributed by atoms with van der Waals surface area (Å²) < 4.78 is 6.87. The fourth-order valence-corrected chi connectivity index (χ4v) is 6.29. The van der Waals surface area contributed by atoms with Gasteiger partial charge in [-0.2, -0.15) is 0 Å². The number of aromatic nitrogens is 3. The maximum Gasteiger partial charge on any atom is 0.262 e. The van der Waals surface area contributed by atoms with E-state index in [-0.39, 0.29) is 23.4 Å². The third kappa shape index (κ3) is 5.96. The van der Waals surface area contributed by atoms with Crippen molar-refractivity contribution in [2.75, 3.05) is 20.7 Å². The highest BCUT2D eigenvalue weighted by Crippen LogP contribution is 2.40. The molecule has 0 radical (unpaired) electrons. The largest absolute Gasteiger partial charge is 0.480 e. The Labute approximate surface area is 265 Å². The van der Waals surface area contributed by atoms with E-state index < -0.39 is 0 Å². The van der Waals surface area contributed by atoms with Crippen molar-refractivity contribution in [2.45, 2.75) is 32.4 Å². The molecule has 1 amide bonds. The molecule has 5 aromatic rings. The molecule has 0 aliphatic carbocycles. The molecule has 10 heteroatoms. The van der Waals surface area contributed by atoms with Crippen molar-refractivity contribution >= 4 is 29.4 Å². The highest BCUT2D eigenvalue weighted by Gasteiger charge is 2.22. The quantitative estimate of drug-likeness (QED) is 0.214. The summed E-state index contributed by atoms with van der Waals surface area (Å²) in [4.78, 5) is 47.4. The number of pyridine rings is 2. The lowest BCUT2D eigenvalue weighted by atomic mass is 9.92. The number of halogens is 1. The number of likely N-dealkylation sites (N-methyl/N-ethyl adjacent to an activating group) is 1. The van der Waals surface area contributed by atoms with Crippen molar-refractivity contribution in [1.29, 1.82) is 0 Å². The third-order valence-electron chi connectivity index (χ3n) is 8.26. The van der Waals surface area contributed by atoms with Crippen LogP contribution < -0.4 is 15.6 Å². The van der Waals surface area contributed by atoms with E-state index >= 15 is 0 Å². The van der Waals surface area contributed by atoms with Crippen LogP contribution in [0.5, 0.6) is 5.88 Å². The lowest BCUT2D eigenvalue weighted by molar-refractivity contribution is -0.119. The number of fused-ring (bicyclic) bond motifs is 1. The molecule has 228 valence electrons. The molecule has 3 aromatic heterocycles. The summed E-state index contributed by atoms with van der Waals surface area (Å²) in [5, 5.41) is 3.50. The Morgan fingerprint density at radius 2 is 1.82 bits per heavy atom. The first-order chi connectivity index (χ1) is 21.8. The van der Waals surface area contributed by atoms with Gasteiger partial charge in [0, 0.05) is 49.1 Å². The van der Waals surface area contributed by atoms with Crippen LogP contribution in [-0.2, 0) is 11.3 Å². The van der Waals surface area contributed by atoms with Gasteiger partial charge in [-0.15, -0.1) is 0 Å². The number of carbonyl (C=O) groups is 2. The number of hydrogen-bond acceptors (Lipinski definition) is 7. The Balaban J connectivity index is 1.30. The van der Waals surface area contributed by atoms with Crippen LogP contribution in [0.3, 0.4) is 0 Å². The minimum absolute atomic E-state index is 0.0784. The topological polar surface area (TPSA) is 106 Å². The van der Waals surface area contributed by atoms with Gasteiger partial charge in [-0.1, -0.05) is 48.0 Å². The number of ether oxygens (including phenoxy) is 1. The molecule has 0 spiro atoms. The molecule has 1 N–H and O–H groups in total. The summed E-state index contributed by atoms with van der Waals surface area (Å²) in [6.07, 6.45) is 5.47. The molecule has 1 aliphatic rings. The summed E-state index contributed by atoms with van der Waals surface area (Å²) in [5.74, 6) is 0.319. The van der Waals surface area contributed by atoms with Crippen LogP contribution >= 0.6 is 11.6 Å². The van der Waals surface area contributed by atoms with Crippen LogP contribution in [0, 0.1) is 6.92 Å². The summed E-state index contributed by atoms with van der Waals surface area (Å²) in [7, 11) is 3.42. The molecular formula is C35H32ClN5O4. The lowest BCUT2D eigenvalue weighted by Gasteiger charge is -2.20. The number of nitrogens with zero attached hydrogens (tertiary/aromatic N) is 4. The molecule has 1 unspecified atom stereocenters. The van der Waals surface area contributed by atoms with E-state index in [0.29, 0.717) is 53.3 Å². The van der Waals surface area contributed by atoms with E-state index in [9.17, 15) is 14.4 Å². The Hall–Kier alpha value is -4.86. The standard InChI is InChI=1S/C35H32ClN5O4/c1-21-26(6-4-7-27(21)28-8-5-9-29(33(28)36)30-12-10-23(20-42)34(39-30)45-3)22-14-15-41-31(16-22)37-17-24(35(41)44)18-40(2)19-25-11-13-32(43)38-25/h4-10,12,14-17,20,25H,11,13,18-19H2,1-3H3,(H,38,43). The van der Waals surface area contributed by atoms with Crippen LogP contribution in [0.2, 0.25) is 5.02 Å². The van der Waals surface area contributed by atoms with Crippen LogP contribution in [0.15, 0.2) is 77.9 Å². The van der Waals surface area contributed by atoms with Crippen molar-refractivity contribution in [3.63, 3.8) is 0 Å². The number of hydrogen-bond donors (Lipinski definition) is 1. The summed E-state index contributed by atoms with van der Waals surface area (Å²) in [6.45, 7) is 3.16. The average Bonchev–Trinajstić information content (AvgIpc) is 3.46. The lowest BCUT2D eigenvalue weighted by Crippen LogP contribution is -2.37. The fourth-order valence-electron chi connectivity index (χ4n) is 5.97. The second-order valence-corrected chi connectivity index (χ2v) is 11.7. The second kappa shape index (κ2) is 12.6. The monoisotopic (exact) mass is 621 g/mol. The van der Waals surface area contributed by atoms with Gasteiger partial charge in [0.05, 0.1) is 29.0 Å². The molecule has 1 atom stereocenters. The zero-order valence-electron chi connectivity index (χ0n) is 25.2. The van der Waals surface area contributed by atoms with Crippen LogP contribution in [0.4, 0.5) is 0 Å². The molecule has 0 bridgehead atoms. The average molecular weight is 622 g/mol. The highest BCUT2D eigenvalue weighted by molar-refractivity contribution is 6.36. The van der Waals surface area contributed by atoms with Gasteiger partial charge in [-0.3, -0.25) is 23.7 Å². The maximum absolute atomic E-state index is 13.4. The summed E-state index contributed by atoms with van der Waals surface area (Å²) in [5.41, 5.74) is 7.43. The minimum atomic E-state index is -0.116. The van der Waals surface area contributed by atoms with Crippen molar-refractivity contribution in [3.05, 3.63) is 105 Å². The Kier molecular flexibility index (Phi) is 8.47. The first kappa shape index (κ1) is 30.2. The van der Waals surface area contributed by atoms with Gasteiger partial charge in [0.15, 0.2) is 6.29 Å². The van der Waals surface area contributed by atoms with E-state index in [4.69, 9.17) is 16.3 Å². The Morgan fingerprint density at radius 3 is 2.56 bits per heavy atom. The molecule has 1 saturated heterocycles. The van der Waals surface area contributed by atoms with E-state index in [1.165, 1.54) is 7.11 Å². The Morgan fingerprint density at radius 1 is 1.07 bits per heavy atom. The van der Waals surface area contributed by atoms with Crippen molar-refractivity contribution in [2.24, 2.45) is 0 Å². The number of rotatable bonds is 9. The Bertz CT molecular complexity index is 2010. The van der Waals surface area contributed by atoms with Gasteiger partial charge in [0.1, 0.15) is 5.65 Å². The molecule has 9 nitrogen and oxygen atoms in total. The second-order valence-electron chi connectivity index (χ2n) is 11.3. The molecular weight excluding hydrogens is 590 g/mol. The van der Waals surface area contributed by atoms with E-state index in [1.54, 1.807) is 28.9 Å². The molecule has 45 heavy (non-hydrogen) atoms. The first-order valence-corrected chi connectivity index (χ1v) is 15.0. The van der Waals surface area contributed by atoms with Crippen LogP contribution in [0.1, 0.15) is 34.3 Å². The molecule has 6 rings (SSSR count). The van der Waals surface area contributed by atoms with E-state index in [1.807, 2.05) is 67.4 Å². The predicted octanol–water partition coefficient (Wildman–Crippen LogP) is 5.58. The number of aldehydes is 1. The van der Waals surface area contributed by atoms with Crippen molar-refractivity contribution < 1.29 is 14.3 Å². The van der Waals surface area contributed by atoms with Crippen molar-refractivity contribution in [1.82, 2.24) is 24.6 Å². The predicted molar refractivity (Wildman–Crippen MR) is 175 cm³/mol.